The standard InChI is InChI=1S/C9H18N2O/c1-5-9(4,12)7-11-8(3)10-6-2/h7,10,12H,3,5-6H2,1-2,4H3/b11-7-/t9-/m0/s1. The minimum absolute atomic E-state index is 0.589. The molecular formula is C9H18N2O. The van der Waals surface area contributed by atoms with Crippen LogP contribution in [0.15, 0.2) is 17.4 Å². The second-order valence-corrected chi connectivity index (χ2v) is 2.95. The summed E-state index contributed by atoms with van der Waals surface area (Å²) >= 11 is 0. The van der Waals surface area contributed by atoms with Crippen molar-refractivity contribution in [1.29, 1.82) is 0 Å². The van der Waals surface area contributed by atoms with E-state index in [1.54, 1.807) is 6.92 Å². The minimum Gasteiger partial charge on any atom is -0.385 e. The smallest absolute Gasteiger partial charge is 0.118 e. The fraction of sp³-hybridized carbons (Fsp3) is 0.667. The van der Waals surface area contributed by atoms with E-state index in [0.29, 0.717) is 12.2 Å². The third-order valence-corrected chi connectivity index (χ3v) is 1.60. The Morgan fingerprint density at radius 2 is 2.25 bits per heavy atom. The molecule has 0 aromatic heterocycles. The molecular weight excluding hydrogens is 152 g/mol. The molecule has 0 fully saturated rings. The molecule has 0 saturated heterocycles. The molecule has 0 aliphatic rings. The number of nitrogens with zero attached hydrogens (tertiary/aromatic N) is 1. The second-order valence-electron chi connectivity index (χ2n) is 2.95. The van der Waals surface area contributed by atoms with E-state index in [0.717, 1.165) is 6.54 Å². The van der Waals surface area contributed by atoms with Gasteiger partial charge in [0.1, 0.15) is 5.82 Å². The van der Waals surface area contributed by atoms with Gasteiger partial charge in [-0.15, -0.1) is 0 Å². The van der Waals surface area contributed by atoms with Crippen LogP contribution in [0.3, 0.4) is 0 Å². The van der Waals surface area contributed by atoms with Crippen LogP contribution in [0.4, 0.5) is 0 Å². The number of hydrogen-bond donors (Lipinski definition) is 2. The summed E-state index contributed by atoms with van der Waals surface area (Å²) in [4.78, 5) is 3.98. The maximum Gasteiger partial charge on any atom is 0.118 e. The Morgan fingerprint density at radius 1 is 1.67 bits per heavy atom. The van der Waals surface area contributed by atoms with Crippen molar-refractivity contribution >= 4 is 6.21 Å². The SMILES string of the molecule is C=C(/N=C\[C@@](C)(O)CC)NCC. The average molecular weight is 170 g/mol. The summed E-state index contributed by atoms with van der Waals surface area (Å²) in [7, 11) is 0. The van der Waals surface area contributed by atoms with Gasteiger partial charge in [-0.05, 0) is 20.3 Å². The Morgan fingerprint density at radius 3 is 2.67 bits per heavy atom. The van der Waals surface area contributed by atoms with Gasteiger partial charge in [-0.1, -0.05) is 13.5 Å². The molecule has 0 aliphatic heterocycles. The van der Waals surface area contributed by atoms with E-state index in [1.807, 2.05) is 13.8 Å². The topological polar surface area (TPSA) is 44.6 Å². The number of nitrogens with one attached hydrogen (secondary N) is 1. The lowest BCUT2D eigenvalue weighted by molar-refractivity contribution is 0.134. The Labute approximate surface area is 74.2 Å². The highest BCUT2D eigenvalue weighted by atomic mass is 16.3. The molecule has 0 aromatic carbocycles. The van der Waals surface area contributed by atoms with Crippen molar-refractivity contribution < 1.29 is 5.11 Å². The van der Waals surface area contributed by atoms with Crippen LogP contribution in [0.2, 0.25) is 0 Å². The van der Waals surface area contributed by atoms with E-state index >= 15 is 0 Å². The normalized spacial score (nSPS) is 16.0. The molecule has 70 valence electrons. The van der Waals surface area contributed by atoms with E-state index < -0.39 is 5.60 Å². The molecule has 0 radical (unpaired) electrons. The van der Waals surface area contributed by atoms with Crippen molar-refractivity contribution in [3.05, 3.63) is 12.4 Å². The van der Waals surface area contributed by atoms with Gasteiger partial charge in [0.2, 0.25) is 0 Å². The van der Waals surface area contributed by atoms with Crippen molar-refractivity contribution in [3.63, 3.8) is 0 Å². The van der Waals surface area contributed by atoms with Crippen LogP contribution in [0.25, 0.3) is 0 Å². The molecule has 0 rings (SSSR count). The first-order valence-corrected chi connectivity index (χ1v) is 4.22. The van der Waals surface area contributed by atoms with E-state index in [4.69, 9.17) is 0 Å². The zero-order valence-corrected chi connectivity index (χ0v) is 8.09. The predicted molar refractivity (Wildman–Crippen MR) is 52.2 cm³/mol. The molecule has 3 heteroatoms. The monoisotopic (exact) mass is 170 g/mol. The first kappa shape index (κ1) is 11.2. The van der Waals surface area contributed by atoms with Crippen molar-refractivity contribution in [2.75, 3.05) is 6.54 Å². The predicted octanol–water partition coefficient (Wildman–Crippen LogP) is 1.30. The van der Waals surface area contributed by atoms with Crippen LogP contribution in [0.5, 0.6) is 0 Å². The van der Waals surface area contributed by atoms with Gasteiger partial charge in [0.25, 0.3) is 0 Å². The van der Waals surface area contributed by atoms with Crippen LogP contribution < -0.4 is 5.32 Å². The van der Waals surface area contributed by atoms with Crippen molar-refractivity contribution in [2.45, 2.75) is 32.8 Å². The molecule has 1 atom stereocenters. The van der Waals surface area contributed by atoms with Gasteiger partial charge in [-0.2, -0.15) is 0 Å². The maximum absolute atomic E-state index is 9.52. The summed E-state index contributed by atoms with van der Waals surface area (Å²) in [5.41, 5.74) is -0.821. The lowest BCUT2D eigenvalue weighted by atomic mass is 10.1. The summed E-state index contributed by atoms with van der Waals surface area (Å²) in [6.45, 7) is 10.1. The molecule has 0 heterocycles. The van der Waals surface area contributed by atoms with E-state index in [1.165, 1.54) is 6.21 Å². The molecule has 0 saturated carbocycles. The summed E-state index contributed by atoms with van der Waals surface area (Å²) in [5, 5.41) is 12.5. The van der Waals surface area contributed by atoms with Crippen LogP contribution in [0, 0.1) is 0 Å². The lowest BCUT2D eigenvalue weighted by Gasteiger charge is -2.14. The molecule has 12 heavy (non-hydrogen) atoms. The van der Waals surface area contributed by atoms with Gasteiger partial charge in [-0.3, -0.25) is 0 Å². The molecule has 0 amide bonds. The van der Waals surface area contributed by atoms with Gasteiger partial charge < -0.3 is 10.4 Å². The van der Waals surface area contributed by atoms with E-state index in [9.17, 15) is 5.11 Å². The Bertz CT molecular complexity index is 173. The number of aliphatic hydroxyl groups is 1. The minimum atomic E-state index is -0.821. The summed E-state index contributed by atoms with van der Waals surface area (Å²) in [6, 6.07) is 0. The van der Waals surface area contributed by atoms with Gasteiger partial charge in [0, 0.05) is 12.8 Å². The van der Waals surface area contributed by atoms with Gasteiger partial charge >= 0.3 is 0 Å². The molecule has 0 aromatic rings. The third-order valence-electron chi connectivity index (χ3n) is 1.60. The average Bonchev–Trinajstić information content (AvgIpc) is 2.02. The highest BCUT2D eigenvalue weighted by Gasteiger charge is 2.13. The Kier molecular flexibility index (Phi) is 4.59. The highest BCUT2D eigenvalue weighted by Crippen LogP contribution is 2.04. The lowest BCUT2D eigenvalue weighted by Crippen LogP contribution is -2.25. The fourth-order valence-electron chi connectivity index (χ4n) is 0.558. The first-order valence-electron chi connectivity index (χ1n) is 4.22. The van der Waals surface area contributed by atoms with Crippen molar-refractivity contribution in [2.24, 2.45) is 4.99 Å². The molecule has 3 nitrogen and oxygen atoms in total. The quantitative estimate of drug-likeness (QED) is 0.611. The van der Waals surface area contributed by atoms with Crippen LogP contribution >= 0.6 is 0 Å². The number of hydrogen-bond acceptors (Lipinski definition) is 3. The summed E-state index contributed by atoms with van der Waals surface area (Å²) in [5.74, 6) is 0.589. The molecule has 0 aliphatic carbocycles. The van der Waals surface area contributed by atoms with Gasteiger partial charge in [0.05, 0.1) is 5.60 Å². The van der Waals surface area contributed by atoms with Gasteiger partial charge in [0.15, 0.2) is 0 Å². The van der Waals surface area contributed by atoms with E-state index in [2.05, 4.69) is 16.9 Å². The number of rotatable bonds is 5. The van der Waals surface area contributed by atoms with Crippen molar-refractivity contribution in [1.82, 2.24) is 5.32 Å². The van der Waals surface area contributed by atoms with Crippen molar-refractivity contribution in [3.8, 4) is 0 Å². The molecule has 2 N–H and O–H groups in total. The van der Waals surface area contributed by atoms with Gasteiger partial charge in [-0.25, -0.2) is 4.99 Å². The van der Waals surface area contributed by atoms with E-state index in [-0.39, 0.29) is 0 Å². The van der Waals surface area contributed by atoms with Crippen LogP contribution in [-0.2, 0) is 0 Å². The molecule has 0 spiro atoms. The summed E-state index contributed by atoms with van der Waals surface area (Å²) < 4.78 is 0. The molecule has 0 unspecified atom stereocenters. The van der Waals surface area contributed by atoms with Crippen LogP contribution in [-0.4, -0.2) is 23.5 Å². The summed E-state index contributed by atoms with van der Waals surface area (Å²) in [6.07, 6.45) is 2.16. The highest BCUT2D eigenvalue weighted by molar-refractivity contribution is 5.68. The van der Waals surface area contributed by atoms with Crippen LogP contribution in [0.1, 0.15) is 27.2 Å². The number of aliphatic imine (C=N–C) groups is 1. The Hall–Kier alpha value is -0.830. The third kappa shape index (κ3) is 4.91. The molecule has 0 bridgehead atoms. The first-order chi connectivity index (χ1) is 5.52. The zero-order valence-electron chi connectivity index (χ0n) is 8.09. The zero-order chi connectivity index (χ0) is 9.61. The maximum atomic E-state index is 9.52. The Balaban J connectivity index is 3.97. The fourth-order valence-corrected chi connectivity index (χ4v) is 0.558. The second kappa shape index (κ2) is 4.93. The largest absolute Gasteiger partial charge is 0.385 e.